The number of hydrogen-bond donors (Lipinski definition) is 0. The topological polar surface area (TPSA) is 143 Å². The Balaban J connectivity index is 1.78. The lowest BCUT2D eigenvalue weighted by Crippen LogP contribution is -2.05. The van der Waals surface area contributed by atoms with Crippen molar-refractivity contribution in [2.45, 2.75) is 13.8 Å². The van der Waals surface area contributed by atoms with Gasteiger partial charge < -0.3 is 4.74 Å². The second-order valence-electron chi connectivity index (χ2n) is 6.89. The van der Waals surface area contributed by atoms with Gasteiger partial charge in [-0.2, -0.15) is 5.10 Å². The fraction of sp³-hybridized carbons (Fsp3) is 0.0952. The van der Waals surface area contributed by atoms with Crippen molar-refractivity contribution in [3.05, 3.63) is 97.0 Å². The minimum atomic E-state index is -0.707. The fourth-order valence-corrected chi connectivity index (χ4v) is 3.30. The molecule has 0 bridgehead atoms. The molecule has 2 heterocycles. The Labute approximate surface area is 180 Å². The highest BCUT2D eigenvalue weighted by Gasteiger charge is 2.27. The first kappa shape index (κ1) is 20.6. The van der Waals surface area contributed by atoms with E-state index in [0.717, 1.165) is 6.07 Å². The average molecular weight is 433 g/mol. The predicted octanol–water partition coefficient (Wildman–Crippen LogP) is 3.65. The number of aromatic nitrogens is 2. The first-order chi connectivity index (χ1) is 15.3. The van der Waals surface area contributed by atoms with Crippen molar-refractivity contribution >= 4 is 29.3 Å². The zero-order valence-electron chi connectivity index (χ0n) is 16.9. The Bertz CT molecular complexity index is 1340. The molecule has 2 aromatic carbocycles. The maximum Gasteiger partial charge on any atom is 0.363 e. The van der Waals surface area contributed by atoms with Crippen LogP contribution in [0.4, 0.5) is 11.4 Å². The zero-order valence-corrected chi connectivity index (χ0v) is 16.9. The van der Waals surface area contributed by atoms with E-state index in [1.165, 1.54) is 22.9 Å². The highest BCUT2D eigenvalue weighted by Crippen LogP contribution is 2.31. The highest BCUT2D eigenvalue weighted by molar-refractivity contribution is 6.12. The average Bonchev–Trinajstić information content (AvgIpc) is 3.28. The fourth-order valence-electron chi connectivity index (χ4n) is 3.30. The quantitative estimate of drug-likeness (QED) is 0.259. The molecule has 1 aromatic heterocycles. The number of aliphatic imine (C=N–C) groups is 1. The van der Waals surface area contributed by atoms with Crippen LogP contribution in [-0.4, -0.2) is 31.5 Å². The molecule has 0 fully saturated rings. The molecule has 0 spiro atoms. The number of rotatable bonds is 5. The SMILES string of the molecule is Cc1nn(-c2ccc([N+](=O)[O-])cc2[N+](=O)[O-])c(C)c1/C=C1\N=C(c2ccccc2)OC1=O. The first-order valence-electron chi connectivity index (χ1n) is 9.33. The molecule has 0 saturated heterocycles. The summed E-state index contributed by atoms with van der Waals surface area (Å²) in [6.45, 7) is 3.34. The van der Waals surface area contributed by atoms with E-state index < -0.39 is 27.2 Å². The number of nitro groups is 2. The number of esters is 1. The van der Waals surface area contributed by atoms with Crippen LogP contribution in [0.1, 0.15) is 22.5 Å². The molecule has 160 valence electrons. The molecule has 11 heteroatoms. The first-order valence-corrected chi connectivity index (χ1v) is 9.33. The summed E-state index contributed by atoms with van der Waals surface area (Å²) in [5, 5.41) is 26.9. The van der Waals surface area contributed by atoms with Crippen molar-refractivity contribution < 1.29 is 19.4 Å². The summed E-state index contributed by atoms with van der Waals surface area (Å²) in [5.74, 6) is -0.452. The van der Waals surface area contributed by atoms with E-state index in [1.807, 2.05) is 6.07 Å². The third kappa shape index (κ3) is 3.62. The summed E-state index contributed by atoms with van der Waals surface area (Å²) in [6, 6.07) is 12.3. The number of hydrogen-bond acceptors (Lipinski definition) is 8. The number of carbonyl (C=O) groups excluding carboxylic acids is 1. The maximum atomic E-state index is 12.3. The summed E-state index contributed by atoms with van der Waals surface area (Å²) in [6.07, 6.45) is 1.50. The molecular weight excluding hydrogens is 418 g/mol. The molecule has 4 rings (SSSR count). The van der Waals surface area contributed by atoms with Crippen molar-refractivity contribution in [2.24, 2.45) is 4.99 Å². The molecule has 11 nitrogen and oxygen atoms in total. The molecule has 1 aliphatic rings. The number of aryl methyl sites for hydroxylation is 1. The number of non-ortho nitro benzene ring substituents is 1. The van der Waals surface area contributed by atoms with Crippen molar-refractivity contribution in [3.8, 4) is 5.69 Å². The Kier molecular flexibility index (Phi) is 5.07. The summed E-state index contributed by atoms with van der Waals surface area (Å²) in [7, 11) is 0. The number of nitrogens with zero attached hydrogens (tertiary/aromatic N) is 5. The van der Waals surface area contributed by atoms with Crippen LogP contribution in [0.15, 0.2) is 59.2 Å². The lowest BCUT2D eigenvalue weighted by Gasteiger charge is -2.05. The van der Waals surface area contributed by atoms with Gasteiger partial charge in [0, 0.05) is 22.9 Å². The van der Waals surface area contributed by atoms with E-state index in [1.54, 1.807) is 38.1 Å². The van der Waals surface area contributed by atoms with Crippen LogP contribution in [-0.2, 0) is 9.53 Å². The van der Waals surface area contributed by atoms with Crippen LogP contribution in [0.25, 0.3) is 11.8 Å². The maximum absolute atomic E-state index is 12.3. The highest BCUT2D eigenvalue weighted by atomic mass is 16.6. The summed E-state index contributed by atoms with van der Waals surface area (Å²) >= 11 is 0. The molecule has 3 aromatic rings. The van der Waals surface area contributed by atoms with Gasteiger partial charge in [-0.1, -0.05) is 18.2 Å². The van der Waals surface area contributed by atoms with Gasteiger partial charge in [0.1, 0.15) is 5.69 Å². The third-order valence-corrected chi connectivity index (χ3v) is 4.86. The van der Waals surface area contributed by atoms with Crippen molar-refractivity contribution in [1.82, 2.24) is 9.78 Å². The van der Waals surface area contributed by atoms with Crippen LogP contribution in [0, 0.1) is 34.1 Å². The number of ether oxygens (including phenoxy) is 1. The van der Waals surface area contributed by atoms with Crippen molar-refractivity contribution in [2.75, 3.05) is 0 Å². The summed E-state index contributed by atoms with van der Waals surface area (Å²) in [5.41, 5.74) is 1.41. The Morgan fingerprint density at radius 3 is 2.41 bits per heavy atom. The van der Waals surface area contributed by atoms with Gasteiger partial charge >= 0.3 is 11.7 Å². The predicted molar refractivity (Wildman–Crippen MR) is 113 cm³/mol. The number of benzene rings is 2. The molecule has 0 N–H and O–H groups in total. The van der Waals surface area contributed by atoms with Gasteiger partial charge in [-0.3, -0.25) is 20.2 Å². The second-order valence-corrected chi connectivity index (χ2v) is 6.89. The van der Waals surface area contributed by atoms with E-state index >= 15 is 0 Å². The lowest BCUT2D eigenvalue weighted by molar-refractivity contribution is -0.394. The van der Waals surface area contributed by atoms with Crippen LogP contribution in [0.2, 0.25) is 0 Å². The van der Waals surface area contributed by atoms with Gasteiger partial charge in [-0.05, 0) is 38.1 Å². The van der Waals surface area contributed by atoms with E-state index in [9.17, 15) is 25.0 Å². The molecule has 32 heavy (non-hydrogen) atoms. The van der Waals surface area contributed by atoms with Crippen molar-refractivity contribution in [3.63, 3.8) is 0 Å². The third-order valence-electron chi connectivity index (χ3n) is 4.86. The molecule has 0 atom stereocenters. The Morgan fingerprint density at radius 2 is 1.75 bits per heavy atom. The minimum Gasteiger partial charge on any atom is -0.402 e. The summed E-state index contributed by atoms with van der Waals surface area (Å²) < 4.78 is 6.56. The van der Waals surface area contributed by atoms with E-state index in [2.05, 4.69) is 10.1 Å². The van der Waals surface area contributed by atoms with E-state index in [4.69, 9.17) is 4.74 Å². The van der Waals surface area contributed by atoms with E-state index in [0.29, 0.717) is 22.5 Å². The largest absolute Gasteiger partial charge is 0.402 e. The zero-order chi connectivity index (χ0) is 23.0. The second kappa shape index (κ2) is 7.87. The Hall–Kier alpha value is -4.67. The minimum absolute atomic E-state index is 0.0628. The number of cyclic esters (lactones) is 1. The van der Waals surface area contributed by atoms with Crippen LogP contribution < -0.4 is 0 Å². The normalized spacial score (nSPS) is 14.4. The standard InChI is InChI=1S/C21H15N5O6/c1-12-16(11-17-21(27)32-20(22-17)14-6-4-3-5-7-14)13(2)24(23-12)18-9-8-15(25(28)29)10-19(18)26(30)31/h3-11H,1-2H3/b17-11-. The molecule has 0 saturated carbocycles. The van der Waals surface area contributed by atoms with E-state index in [-0.39, 0.29) is 17.3 Å². The number of carbonyl (C=O) groups is 1. The molecule has 0 amide bonds. The lowest BCUT2D eigenvalue weighted by atomic mass is 10.1. The monoisotopic (exact) mass is 433 g/mol. The number of nitro benzene ring substituents is 2. The molecule has 0 aliphatic carbocycles. The molecule has 0 unspecified atom stereocenters. The molecule has 0 radical (unpaired) electrons. The summed E-state index contributed by atoms with van der Waals surface area (Å²) in [4.78, 5) is 37.7. The van der Waals surface area contributed by atoms with Gasteiger partial charge in [-0.15, -0.1) is 0 Å². The van der Waals surface area contributed by atoms with Crippen LogP contribution in [0.5, 0.6) is 0 Å². The molecular formula is C21H15N5O6. The Morgan fingerprint density at radius 1 is 1.03 bits per heavy atom. The van der Waals surface area contributed by atoms with Gasteiger partial charge in [0.15, 0.2) is 5.70 Å². The van der Waals surface area contributed by atoms with Crippen molar-refractivity contribution in [1.29, 1.82) is 0 Å². The molecule has 1 aliphatic heterocycles. The van der Waals surface area contributed by atoms with Gasteiger partial charge in [0.2, 0.25) is 5.90 Å². The van der Waals surface area contributed by atoms with Crippen LogP contribution >= 0.6 is 0 Å². The van der Waals surface area contributed by atoms with Gasteiger partial charge in [0.25, 0.3) is 5.69 Å². The van der Waals surface area contributed by atoms with Crippen LogP contribution in [0.3, 0.4) is 0 Å². The smallest absolute Gasteiger partial charge is 0.363 e. The van der Waals surface area contributed by atoms with Gasteiger partial charge in [-0.25, -0.2) is 14.5 Å². The van der Waals surface area contributed by atoms with Gasteiger partial charge in [0.05, 0.1) is 21.6 Å².